The van der Waals surface area contributed by atoms with Gasteiger partial charge in [0.1, 0.15) is 5.75 Å². The lowest BCUT2D eigenvalue weighted by molar-refractivity contribution is -0.114. The molecule has 1 amide bonds. The molecule has 2 aromatic rings. The standard InChI is InChI=1S/C21H22N2O3/c1-13-6-4-5-7-16(13)23-21(25)15-8-9-18(20(12-15)26-3)22-17-10-11-19(24)14(17)2/h4-9,12,22H,10-11H2,1-3H3,(H,23,25). The van der Waals surface area contributed by atoms with E-state index >= 15 is 0 Å². The van der Waals surface area contributed by atoms with Crippen LogP contribution in [0.25, 0.3) is 0 Å². The second-order valence-electron chi connectivity index (χ2n) is 6.34. The molecular weight excluding hydrogens is 328 g/mol. The molecule has 0 atom stereocenters. The lowest BCUT2D eigenvalue weighted by atomic mass is 10.1. The number of rotatable bonds is 5. The van der Waals surface area contributed by atoms with Gasteiger partial charge in [-0.05, 0) is 50.1 Å². The second-order valence-corrected chi connectivity index (χ2v) is 6.34. The molecule has 0 aliphatic heterocycles. The van der Waals surface area contributed by atoms with E-state index in [9.17, 15) is 9.59 Å². The van der Waals surface area contributed by atoms with Gasteiger partial charge in [0.25, 0.3) is 5.91 Å². The van der Waals surface area contributed by atoms with Gasteiger partial charge in [-0.1, -0.05) is 18.2 Å². The molecule has 0 radical (unpaired) electrons. The van der Waals surface area contributed by atoms with Crippen molar-refractivity contribution in [2.75, 3.05) is 17.7 Å². The number of nitrogens with one attached hydrogen (secondary N) is 2. The Kier molecular flexibility index (Phi) is 5.07. The highest BCUT2D eigenvalue weighted by Crippen LogP contribution is 2.31. The van der Waals surface area contributed by atoms with Crippen molar-refractivity contribution in [3.05, 3.63) is 64.9 Å². The van der Waals surface area contributed by atoms with Crippen molar-refractivity contribution in [1.29, 1.82) is 0 Å². The molecule has 0 aromatic heterocycles. The molecule has 1 aliphatic rings. The Morgan fingerprint density at radius 2 is 1.81 bits per heavy atom. The summed E-state index contributed by atoms with van der Waals surface area (Å²) in [6.45, 7) is 3.77. The molecule has 0 unspecified atom stereocenters. The van der Waals surface area contributed by atoms with Crippen LogP contribution >= 0.6 is 0 Å². The summed E-state index contributed by atoms with van der Waals surface area (Å²) >= 11 is 0. The molecule has 2 aromatic carbocycles. The SMILES string of the molecule is COc1cc(C(=O)Nc2ccccc2C)ccc1NC1=C(C)C(=O)CC1. The maximum atomic E-state index is 12.5. The van der Waals surface area contributed by atoms with E-state index in [1.165, 1.54) is 0 Å². The molecule has 0 heterocycles. The monoisotopic (exact) mass is 350 g/mol. The molecule has 5 nitrogen and oxygen atoms in total. The Bertz CT molecular complexity index is 900. The summed E-state index contributed by atoms with van der Waals surface area (Å²) in [6, 6.07) is 12.9. The Morgan fingerprint density at radius 3 is 2.46 bits per heavy atom. The molecular formula is C21H22N2O3. The van der Waals surface area contributed by atoms with Gasteiger partial charge in [-0.25, -0.2) is 0 Å². The Hall–Kier alpha value is -3.08. The summed E-state index contributed by atoms with van der Waals surface area (Å²) < 4.78 is 5.43. The maximum absolute atomic E-state index is 12.5. The summed E-state index contributed by atoms with van der Waals surface area (Å²) in [6.07, 6.45) is 1.23. The number of Topliss-reactive ketones (excluding diaryl/α,β-unsaturated/α-hetero) is 1. The van der Waals surface area contributed by atoms with Gasteiger partial charge in [0.05, 0.1) is 12.8 Å². The van der Waals surface area contributed by atoms with Crippen molar-refractivity contribution in [2.45, 2.75) is 26.7 Å². The van der Waals surface area contributed by atoms with E-state index in [-0.39, 0.29) is 11.7 Å². The van der Waals surface area contributed by atoms with Crippen molar-refractivity contribution in [1.82, 2.24) is 0 Å². The fourth-order valence-electron chi connectivity index (χ4n) is 2.94. The summed E-state index contributed by atoms with van der Waals surface area (Å²) in [5, 5.41) is 6.18. The number of carbonyl (C=O) groups excluding carboxylic acids is 2. The average Bonchev–Trinajstić information content (AvgIpc) is 2.96. The van der Waals surface area contributed by atoms with Gasteiger partial charge >= 0.3 is 0 Å². The van der Waals surface area contributed by atoms with Crippen molar-refractivity contribution in [3.8, 4) is 5.75 Å². The van der Waals surface area contributed by atoms with Gasteiger partial charge in [0, 0.05) is 28.9 Å². The van der Waals surface area contributed by atoms with E-state index in [4.69, 9.17) is 4.74 Å². The van der Waals surface area contributed by atoms with Crippen LogP contribution in [0.15, 0.2) is 53.7 Å². The number of methoxy groups -OCH3 is 1. The Morgan fingerprint density at radius 1 is 1.04 bits per heavy atom. The molecule has 0 bridgehead atoms. The van der Waals surface area contributed by atoms with Gasteiger partial charge < -0.3 is 15.4 Å². The zero-order valence-electron chi connectivity index (χ0n) is 15.2. The molecule has 2 N–H and O–H groups in total. The smallest absolute Gasteiger partial charge is 0.255 e. The first-order valence-electron chi connectivity index (χ1n) is 8.54. The fourth-order valence-corrected chi connectivity index (χ4v) is 2.94. The van der Waals surface area contributed by atoms with Gasteiger partial charge in [-0.3, -0.25) is 9.59 Å². The summed E-state index contributed by atoms with van der Waals surface area (Å²) in [7, 11) is 1.56. The van der Waals surface area contributed by atoms with Crippen LogP contribution in [0.3, 0.4) is 0 Å². The van der Waals surface area contributed by atoms with Crippen LogP contribution in [-0.4, -0.2) is 18.8 Å². The number of ketones is 1. The first kappa shape index (κ1) is 17.7. The van der Waals surface area contributed by atoms with Gasteiger partial charge in [0.15, 0.2) is 5.78 Å². The molecule has 134 valence electrons. The molecule has 0 spiro atoms. The summed E-state index contributed by atoms with van der Waals surface area (Å²) in [4.78, 5) is 24.2. The van der Waals surface area contributed by atoms with Crippen LogP contribution in [-0.2, 0) is 4.79 Å². The minimum atomic E-state index is -0.199. The lowest BCUT2D eigenvalue weighted by Crippen LogP contribution is -2.13. The quantitative estimate of drug-likeness (QED) is 0.843. The van der Waals surface area contributed by atoms with E-state index in [0.29, 0.717) is 24.2 Å². The van der Waals surface area contributed by atoms with Crippen molar-refractivity contribution in [2.24, 2.45) is 0 Å². The molecule has 3 rings (SSSR count). The van der Waals surface area contributed by atoms with Crippen LogP contribution in [0.1, 0.15) is 35.7 Å². The summed E-state index contributed by atoms with van der Waals surface area (Å²) in [5.41, 5.74) is 4.69. The molecule has 5 heteroatoms. The van der Waals surface area contributed by atoms with Crippen LogP contribution in [0.4, 0.5) is 11.4 Å². The van der Waals surface area contributed by atoms with E-state index in [0.717, 1.165) is 28.2 Å². The average molecular weight is 350 g/mol. The number of allylic oxidation sites excluding steroid dienone is 2. The summed E-state index contributed by atoms with van der Waals surface area (Å²) in [5.74, 6) is 0.526. The first-order chi connectivity index (χ1) is 12.5. The maximum Gasteiger partial charge on any atom is 0.255 e. The topological polar surface area (TPSA) is 67.4 Å². The number of para-hydroxylation sites is 1. The van der Waals surface area contributed by atoms with Crippen molar-refractivity contribution in [3.63, 3.8) is 0 Å². The Labute approximate surface area is 153 Å². The van der Waals surface area contributed by atoms with Crippen LogP contribution in [0.5, 0.6) is 5.75 Å². The zero-order valence-corrected chi connectivity index (χ0v) is 15.2. The van der Waals surface area contributed by atoms with Crippen LogP contribution in [0.2, 0.25) is 0 Å². The van der Waals surface area contributed by atoms with E-state index in [1.54, 1.807) is 25.3 Å². The van der Waals surface area contributed by atoms with E-state index < -0.39 is 0 Å². The molecule has 0 saturated heterocycles. The van der Waals surface area contributed by atoms with Crippen molar-refractivity contribution < 1.29 is 14.3 Å². The third-order valence-corrected chi connectivity index (χ3v) is 4.62. The van der Waals surface area contributed by atoms with Gasteiger partial charge in [-0.2, -0.15) is 0 Å². The predicted molar refractivity (Wildman–Crippen MR) is 103 cm³/mol. The highest BCUT2D eigenvalue weighted by molar-refractivity contribution is 6.05. The molecule has 26 heavy (non-hydrogen) atoms. The van der Waals surface area contributed by atoms with Crippen molar-refractivity contribution >= 4 is 23.1 Å². The molecule has 0 saturated carbocycles. The van der Waals surface area contributed by atoms with Crippen LogP contribution < -0.4 is 15.4 Å². The number of ether oxygens (including phenoxy) is 1. The fraction of sp³-hybridized carbons (Fsp3) is 0.238. The van der Waals surface area contributed by atoms with E-state index in [1.807, 2.05) is 38.1 Å². The first-order valence-corrected chi connectivity index (χ1v) is 8.54. The van der Waals surface area contributed by atoms with Gasteiger partial charge in [-0.15, -0.1) is 0 Å². The lowest BCUT2D eigenvalue weighted by Gasteiger charge is -2.14. The number of hydrogen-bond donors (Lipinski definition) is 2. The number of benzene rings is 2. The van der Waals surface area contributed by atoms with Crippen LogP contribution in [0, 0.1) is 6.92 Å². The second kappa shape index (κ2) is 7.44. The number of hydrogen-bond acceptors (Lipinski definition) is 4. The zero-order chi connectivity index (χ0) is 18.7. The number of anilines is 2. The highest BCUT2D eigenvalue weighted by atomic mass is 16.5. The largest absolute Gasteiger partial charge is 0.495 e. The highest BCUT2D eigenvalue weighted by Gasteiger charge is 2.20. The predicted octanol–water partition coefficient (Wildman–Crippen LogP) is 4.30. The minimum absolute atomic E-state index is 0.167. The van der Waals surface area contributed by atoms with E-state index in [2.05, 4.69) is 10.6 Å². The third-order valence-electron chi connectivity index (χ3n) is 4.62. The number of carbonyl (C=O) groups is 2. The third kappa shape index (κ3) is 3.61. The molecule has 1 aliphatic carbocycles. The van der Waals surface area contributed by atoms with Gasteiger partial charge in [0.2, 0.25) is 0 Å². The Balaban J connectivity index is 1.81. The molecule has 0 fully saturated rings. The minimum Gasteiger partial charge on any atom is -0.495 e. The normalized spacial score (nSPS) is 13.7. The number of aryl methyl sites for hydroxylation is 1. The number of amides is 1.